The van der Waals surface area contributed by atoms with E-state index in [0.29, 0.717) is 35.5 Å². The number of carbonyl (C=O) groups excluding carboxylic acids is 5. The van der Waals surface area contributed by atoms with E-state index in [1.54, 1.807) is 98.6 Å². The minimum absolute atomic E-state index is 0.00304. The molecule has 1 N–H and O–H groups in total. The van der Waals surface area contributed by atoms with E-state index in [0.717, 1.165) is 0 Å². The molecule has 2 aliphatic heterocycles. The topological polar surface area (TPSA) is 152 Å². The summed E-state index contributed by atoms with van der Waals surface area (Å²) in [6, 6.07) is 21.8. The maximum atomic E-state index is 14.5. The Kier molecular flexibility index (Phi) is 16.1. The van der Waals surface area contributed by atoms with Crippen LogP contribution in [0.3, 0.4) is 0 Å². The zero-order valence-corrected chi connectivity index (χ0v) is 32.1. The molecule has 0 bridgehead atoms. The number of esters is 1. The minimum atomic E-state index is -3.97. The lowest BCUT2D eigenvalue weighted by atomic mass is 9.92. The van der Waals surface area contributed by atoms with Gasteiger partial charge in [-0.1, -0.05) is 71.0 Å². The summed E-state index contributed by atoms with van der Waals surface area (Å²) in [7, 11) is -2.33. The van der Waals surface area contributed by atoms with Gasteiger partial charge in [0.2, 0.25) is 0 Å². The van der Waals surface area contributed by atoms with Crippen molar-refractivity contribution in [3.63, 3.8) is 0 Å². The molecule has 3 aromatic rings. The quantitative estimate of drug-likeness (QED) is 0.180. The molecular formula is C39H49N4O8P. The van der Waals surface area contributed by atoms with E-state index >= 15 is 0 Å². The molecule has 2 unspecified atom stereocenters. The summed E-state index contributed by atoms with van der Waals surface area (Å²) in [5.74, 6) is -1.14. The van der Waals surface area contributed by atoms with Crippen LogP contribution in [0.5, 0.6) is 0 Å². The van der Waals surface area contributed by atoms with Gasteiger partial charge in [-0.2, -0.15) is 4.76 Å². The van der Waals surface area contributed by atoms with Crippen molar-refractivity contribution >= 4 is 61.4 Å². The number of ether oxygens (including phenoxy) is 1. The van der Waals surface area contributed by atoms with Gasteiger partial charge in [-0.3, -0.25) is 14.2 Å². The third kappa shape index (κ3) is 9.98. The number of carbonyl (C=O) groups is 5. The van der Waals surface area contributed by atoms with Gasteiger partial charge in [0.15, 0.2) is 5.84 Å². The van der Waals surface area contributed by atoms with Crippen LogP contribution in [-0.2, 0) is 28.2 Å². The molecule has 2 atom stereocenters. The molecule has 52 heavy (non-hydrogen) atoms. The first-order valence-corrected chi connectivity index (χ1v) is 18.4. The lowest BCUT2D eigenvalue weighted by Gasteiger charge is -2.28. The van der Waals surface area contributed by atoms with E-state index in [1.807, 2.05) is 33.5 Å². The molecule has 2 heterocycles. The third-order valence-corrected chi connectivity index (χ3v) is 9.96. The Morgan fingerprint density at radius 2 is 1.50 bits per heavy atom. The van der Waals surface area contributed by atoms with E-state index < -0.39 is 25.4 Å². The van der Waals surface area contributed by atoms with Crippen molar-refractivity contribution in [1.82, 2.24) is 4.90 Å². The number of rotatable bonds is 9. The number of benzene rings is 3. The Morgan fingerprint density at radius 3 is 2.04 bits per heavy atom. The summed E-state index contributed by atoms with van der Waals surface area (Å²) in [6.45, 7) is 18.3. The van der Waals surface area contributed by atoms with Crippen LogP contribution >= 0.6 is 7.52 Å². The monoisotopic (exact) mass is 732 g/mol. The van der Waals surface area contributed by atoms with E-state index in [4.69, 9.17) is 18.8 Å². The molecule has 12 nitrogen and oxygen atoms in total. The Bertz CT molecular complexity index is 1800. The van der Waals surface area contributed by atoms with Gasteiger partial charge < -0.3 is 34.0 Å². The number of amides is 2. The van der Waals surface area contributed by atoms with Crippen molar-refractivity contribution < 1.29 is 37.8 Å². The van der Waals surface area contributed by atoms with Gasteiger partial charge in [-0.25, -0.2) is 4.79 Å². The number of nitrogens with one attached hydrogen (secondary N) is 1. The van der Waals surface area contributed by atoms with Crippen molar-refractivity contribution in [2.45, 2.75) is 60.9 Å². The third-order valence-electron chi connectivity index (χ3n) is 7.91. The SMILES string of the molecule is C=O.C=O.CC.CCOP1(=O)N=C(C2=C(OC(=O)c3ccccc3)C(C)N(CCC(C)(C)C)C2=O)Nc2ccc(N(C)C(=O)c3ccccc3)cc21. The molecule has 0 aliphatic carbocycles. The molecule has 0 aromatic heterocycles. The average Bonchev–Trinajstić information content (AvgIpc) is 3.39. The molecule has 0 fully saturated rings. The highest BCUT2D eigenvalue weighted by atomic mass is 31.2. The standard InChI is InChI=1S/C35H39N4O6P.C2H6.2CH2O/c1-7-44-46(43)28-22-26(38(6)32(40)24-14-10-8-11-15-24)18-19-27(28)36-31(37-46)29-30(45-34(42)25-16-12-9-13-17-25)23(2)39(33(29)41)21-20-35(3,4)5;3*1-2/h8-19,22-23H,7,20-21H2,1-6H3,(H,36,37,43);1-2H3;2*1H2. The average molecular weight is 733 g/mol. The molecule has 2 amide bonds. The first kappa shape index (κ1) is 43.0. The van der Waals surface area contributed by atoms with Crippen LogP contribution in [0.1, 0.15) is 75.6 Å². The highest BCUT2D eigenvalue weighted by Gasteiger charge is 2.45. The Hall–Kier alpha value is -5.19. The van der Waals surface area contributed by atoms with Crippen molar-refractivity contribution in [2.75, 3.05) is 30.4 Å². The Balaban J connectivity index is 0.00000148. The summed E-state index contributed by atoms with van der Waals surface area (Å²) in [6.07, 6.45) is 0.703. The van der Waals surface area contributed by atoms with Crippen LogP contribution in [0.2, 0.25) is 0 Å². The Labute approximate surface area is 306 Å². The molecule has 13 heteroatoms. The second-order valence-electron chi connectivity index (χ2n) is 12.4. The van der Waals surface area contributed by atoms with Gasteiger partial charge in [0.05, 0.1) is 29.2 Å². The summed E-state index contributed by atoms with van der Waals surface area (Å²) in [5, 5.41) is 3.42. The van der Waals surface area contributed by atoms with E-state index in [2.05, 4.69) is 30.9 Å². The van der Waals surface area contributed by atoms with Crippen molar-refractivity contribution in [2.24, 2.45) is 10.2 Å². The molecule has 0 saturated heterocycles. The first-order valence-electron chi connectivity index (χ1n) is 16.8. The number of amidine groups is 1. The first-order chi connectivity index (χ1) is 24.8. The van der Waals surface area contributed by atoms with Crippen LogP contribution in [0, 0.1) is 5.41 Å². The van der Waals surface area contributed by atoms with Crippen LogP contribution < -0.4 is 15.5 Å². The second-order valence-corrected chi connectivity index (χ2v) is 14.4. The predicted molar refractivity (Wildman–Crippen MR) is 205 cm³/mol. The molecule has 5 rings (SSSR count). The van der Waals surface area contributed by atoms with Crippen molar-refractivity contribution in [3.8, 4) is 0 Å². The lowest BCUT2D eigenvalue weighted by Crippen LogP contribution is -2.38. The van der Waals surface area contributed by atoms with Crippen LogP contribution in [-0.4, -0.2) is 68.3 Å². The normalized spacial score (nSPS) is 17.4. The molecule has 0 spiro atoms. The summed E-state index contributed by atoms with van der Waals surface area (Å²) in [4.78, 5) is 59.6. The van der Waals surface area contributed by atoms with Gasteiger partial charge in [-0.05, 0) is 68.1 Å². The number of hydrogen-bond donors (Lipinski definition) is 1. The maximum Gasteiger partial charge on any atom is 0.348 e. The fraction of sp³-hybridized carbons (Fsp3) is 0.333. The van der Waals surface area contributed by atoms with Gasteiger partial charge in [0, 0.05) is 24.8 Å². The molecular weight excluding hydrogens is 683 g/mol. The van der Waals surface area contributed by atoms with Crippen LogP contribution in [0.25, 0.3) is 0 Å². The summed E-state index contributed by atoms with van der Waals surface area (Å²) >= 11 is 0. The number of anilines is 2. The zero-order valence-electron chi connectivity index (χ0n) is 31.2. The van der Waals surface area contributed by atoms with Crippen LogP contribution in [0.4, 0.5) is 11.4 Å². The smallest absolute Gasteiger partial charge is 0.348 e. The highest BCUT2D eigenvalue weighted by Crippen LogP contribution is 2.53. The fourth-order valence-electron chi connectivity index (χ4n) is 5.30. The maximum absolute atomic E-state index is 14.5. The molecule has 278 valence electrons. The number of fused-ring (bicyclic) bond motifs is 1. The van der Waals surface area contributed by atoms with Crippen molar-refractivity contribution in [3.05, 3.63) is 101 Å². The summed E-state index contributed by atoms with van der Waals surface area (Å²) < 4.78 is 30.8. The summed E-state index contributed by atoms with van der Waals surface area (Å²) in [5.41, 5.74) is 1.69. The van der Waals surface area contributed by atoms with Gasteiger partial charge >= 0.3 is 13.5 Å². The molecule has 0 radical (unpaired) electrons. The minimum Gasteiger partial charge on any atom is -0.424 e. The molecule has 0 saturated carbocycles. The van der Waals surface area contributed by atoms with Crippen molar-refractivity contribution in [1.29, 1.82) is 0 Å². The van der Waals surface area contributed by atoms with Gasteiger partial charge in [-0.15, -0.1) is 0 Å². The number of nitrogens with zero attached hydrogens (tertiary/aromatic N) is 3. The fourth-order valence-corrected chi connectivity index (χ4v) is 7.10. The highest BCUT2D eigenvalue weighted by molar-refractivity contribution is 7.66. The zero-order chi connectivity index (χ0) is 39.2. The second kappa shape index (κ2) is 19.4. The van der Waals surface area contributed by atoms with E-state index in [9.17, 15) is 18.9 Å². The Morgan fingerprint density at radius 1 is 0.942 bits per heavy atom. The van der Waals surface area contributed by atoms with E-state index in [-0.39, 0.29) is 40.4 Å². The van der Waals surface area contributed by atoms with Gasteiger partial charge in [0.1, 0.15) is 24.9 Å². The van der Waals surface area contributed by atoms with Gasteiger partial charge in [0.25, 0.3) is 11.8 Å². The lowest BCUT2D eigenvalue weighted by molar-refractivity contribution is -0.126. The number of hydrogen-bond acceptors (Lipinski definition) is 9. The largest absolute Gasteiger partial charge is 0.424 e. The molecule has 3 aromatic carbocycles. The van der Waals surface area contributed by atoms with E-state index in [1.165, 1.54) is 4.90 Å². The van der Waals surface area contributed by atoms with Crippen LogP contribution in [0.15, 0.2) is 95.0 Å². The molecule has 2 aliphatic rings. The predicted octanol–water partition coefficient (Wildman–Crippen LogP) is 7.08.